The molecule has 0 aliphatic heterocycles. The van der Waals surface area contributed by atoms with Gasteiger partial charge in [-0.2, -0.15) is 0 Å². The topological polar surface area (TPSA) is 80.0 Å². The molecule has 2 N–H and O–H groups in total. The number of hydrogen-bond donors (Lipinski definition) is 1. The molecule has 0 amide bonds. The lowest BCUT2D eigenvalue weighted by Crippen LogP contribution is -2.37. The zero-order valence-electron chi connectivity index (χ0n) is 11.5. The summed E-state index contributed by atoms with van der Waals surface area (Å²) in [5.74, 6) is -0.308. The van der Waals surface area contributed by atoms with Crippen LogP contribution in [0, 0.1) is 5.92 Å². The van der Waals surface area contributed by atoms with E-state index >= 15 is 0 Å². The summed E-state index contributed by atoms with van der Waals surface area (Å²) in [6.07, 6.45) is 0. The Labute approximate surface area is 109 Å². The average Bonchev–Trinajstić information content (AvgIpc) is 2.35. The van der Waals surface area contributed by atoms with Crippen LogP contribution in [0.2, 0.25) is 0 Å². The van der Waals surface area contributed by atoms with Crippen molar-refractivity contribution in [3.63, 3.8) is 0 Å². The normalized spacial score (nSPS) is 12.7. The molecule has 0 aromatic heterocycles. The summed E-state index contributed by atoms with van der Waals surface area (Å²) in [6.45, 7) is 6.42. The third kappa shape index (κ3) is 9.35. The lowest BCUT2D eigenvalue weighted by molar-refractivity contribution is -0.148. The molecular weight excluding hydrogens is 238 g/mol. The maximum atomic E-state index is 11.4. The fourth-order valence-corrected chi connectivity index (χ4v) is 1.03. The number of carbonyl (C=O) groups excluding carboxylic acids is 1. The van der Waals surface area contributed by atoms with Crippen molar-refractivity contribution >= 4 is 5.97 Å². The van der Waals surface area contributed by atoms with E-state index in [4.69, 9.17) is 24.7 Å². The van der Waals surface area contributed by atoms with Crippen molar-refractivity contribution in [2.75, 3.05) is 46.8 Å². The summed E-state index contributed by atoms with van der Waals surface area (Å²) in [4.78, 5) is 11.4. The predicted octanol–water partition coefficient (Wildman–Crippen LogP) is 0.193. The average molecular weight is 263 g/mol. The van der Waals surface area contributed by atoms with Crippen LogP contribution >= 0.6 is 0 Å². The second kappa shape index (κ2) is 11.4. The van der Waals surface area contributed by atoms with E-state index in [9.17, 15) is 4.79 Å². The van der Waals surface area contributed by atoms with Gasteiger partial charge in [-0.05, 0) is 5.92 Å². The molecule has 0 saturated heterocycles. The van der Waals surface area contributed by atoms with E-state index in [1.54, 1.807) is 7.11 Å². The summed E-state index contributed by atoms with van der Waals surface area (Å²) in [7, 11) is 1.62. The molecule has 0 aromatic rings. The molecule has 108 valence electrons. The number of carbonyl (C=O) groups is 1. The van der Waals surface area contributed by atoms with Gasteiger partial charge < -0.3 is 24.7 Å². The quantitative estimate of drug-likeness (QED) is 0.423. The Morgan fingerprint density at radius 1 is 1.00 bits per heavy atom. The van der Waals surface area contributed by atoms with Gasteiger partial charge in [0.1, 0.15) is 12.6 Å². The summed E-state index contributed by atoms with van der Waals surface area (Å²) in [5.41, 5.74) is 5.62. The molecule has 1 atom stereocenters. The van der Waals surface area contributed by atoms with Crippen LogP contribution in [0.25, 0.3) is 0 Å². The van der Waals surface area contributed by atoms with Crippen molar-refractivity contribution in [1.82, 2.24) is 0 Å². The molecule has 6 nitrogen and oxygen atoms in total. The first-order valence-electron chi connectivity index (χ1n) is 6.16. The maximum absolute atomic E-state index is 11.4. The second-order valence-corrected chi connectivity index (χ2v) is 4.15. The Bertz CT molecular complexity index is 211. The van der Waals surface area contributed by atoms with Gasteiger partial charge in [-0.15, -0.1) is 0 Å². The third-order valence-corrected chi connectivity index (χ3v) is 2.27. The van der Waals surface area contributed by atoms with Crippen LogP contribution in [0.5, 0.6) is 0 Å². The Morgan fingerprint density at radius 3 is 2.00 bits per heavy atom. The highest BCUT2D eigenvalue weighted by Crippen LogP contribution is 2.00. The zero-order chi connectivity index (χ0) is 13.8. The summed E-state index contributed by atoms with van der Waals surface area (Å²) >= 11 is 0. The molecule has 0 radical (unpaired) electrons. The van der Waals surface area contributed by atoms with Crippen molar-refractivity contribution in [3.05, 3.63) is 0 Å². The highest BCUT2D eigenvalue weighted by molar-refractivity contribution is 5.75. The van der Waals surface area contributed by atoms with Gasteiger partial charge in [0.2, 0.25) is 0 Å². The molecular formula is C12H25NO5. The first kappa shape index (κ1) is 17.3. The van der Waals surface area contributed by atoms with Crippen LogP contribution in [0.1, 0.15) is 13.8 Å². The van der Waals surface area contributed by atoms with Gasteiger partial charge in [0.05, 0.1) is 33.0 Å². The Hall–Kier alpha value is -0.690. The predicted molar refractivity (Wildman–Crippen MR) is 67.3 cm³/mol. The molecule has 1 unspecified atom stereocenters. The standard InChI is InChI=1S/C12H25NO5/c1-10(2)11(13)12(14)18-9-8-17-7-6-16-5-4-15-3/h10-11H,4-9,13H2,1-3H3. The van der Waals surface area contributed by atoms with Gasteiger partial charge in [0, 0.05) is 7.11 Å². The van der Waals surface area contributed by atoms with Crippen molar-refractivity contribution in [2.24, 2.45) is 11.7 Å². The highest BCUT2D eigenvalue weighted by Gasteiger charge is 2.18. The van der Waals surface area contributed by atoms with Gasteiger partial charge in [-0.3, -0.25) is 4.79 Å². The molecule has 0 rings (SSSR count). The van der Waals surface area contributed by atoms with Crippen molar-refractivity contribution < 1.29 is 23.7 Å². The monoisotopic (exact) mass is 263 g/mol. The molecule has 0 heterocycles. The van der Waals surface area contributed by atoms with Crippen LogP contribution in [-0.2, 0) is 23.7 Å². The summed E-state index contributed by atoms with van der Waals surface area (Å²) in [6, 6.07) is -0.567. The molecule has 0 aliphatic carbocycles. The smallest absolute Gasteiger partial charge is 0.323 e. The van der Waals surface area contributed by atoms with Crippen molar-refractivity contribution in [1.29, 1.82) is 0 Å². The summed E-state index contributed by atoms with van der Waals surface area (Å²) < 4.78 is 20.2. The van der Waals surface area contributed by atoms with E-state index in [0.717, 1.165) is 0 Å². The van der Waals surface area contributed by atoms with Crippen LogP contribution in [0.3, 0.4) is 0 Å². The molecule has 6 heteroatoms. The van der Waals surface area contributed by atoms with E-state index in [1.807, 2.05) is 13.8 Å². The molecule has 0 saturated carbocycles. The van der Waals surface area contributed by atoms with Crippen LogP contribution in [0.4, 0.5) is 0 Å². The number of hydrogen-bond acceptors (Lipinski definition) is 6. The van der Waals surface area contributed by atoms with E-state index in [0.29, 0.717) is 33.0 Å². The molecule has 0 fully saturated rings. The second-order valence-electron chi connectivity index (χ2n) is 4.15. The Balaban J connectivity index is 3.27. The first-order chi connectivity index (χ1) is 8.59. The fourth-order valence-electron chi connectivity index (χ4n) is 1.03. The minimum absolute atomic E-state index is 0.0765. The minimum Gasteiger partial charge on any atom is -0.462 e. The van der Waals surface area contributed by atoms with Crippen LogP contribution < -0.4 is 5.73 Å². The summed E-state index contributed by atoms with van der Waals surface area (Å²) in [5, 5.41) is 0. The Morgan fingerprint density at radius 2 is 1.50 bits per heavy atom. The van der Waals surface area contributed by atoms with E-state index in [2.05, 4.69) is 0 Å². The van der Waals surface area contributed by atoms with Crippen molar-refractivity contribution in [3.8, 4) is 0 Å². The number of methoxy groups -OCH3 is 1. The molecule has 0 aliphatic rings. The first-order valence-corrected chi connectivity index (χ1v) is 6.16. The largest absolute Gasteiger partial charge is 0.462 e. The van der Waals surface area contributed by atoms with E-state index in [1.165, 1.54) is 0 Å². The lowest BCUT2D eigenvalue weighted by Gasteiger charge is -2.14. The van der Waals surface area contributed by atoms with E-state index < -0.39 is 6.04 Å². The van der Waals surface area contributed by atoms with Gasteiger partial charge in [0.15, 0.2) is 0 Å². The minimum atomic E-state index is -0.567. The Kier molecular flexibility index (Phi) is 11.0. The molecule has 0 bridgehead atoms. The maximum Gasteiger partial charge on any atom is 0.323 e. The molecule has 18 heavy (non-hydrogen) atoms. The SMILES string of the molecule is COCCOCCOCCOC(=O)C(N)C(C)C. The zero-order valence-corrected chi connectivity index (χ0v) is 11.5. The lowest BCUT2D eigenvalue weighted by atomic mass is 10.1. The third-order valence-electron chi connectivity index (χ3n) is 2.27. The van der Waals surface area contributed by atoms with E-state index in [-0.39, 0.29) is 18.5 Å². The number of ether oxygens (including phenoxy) is 4. The van der Waals surface area contributed by atoms with Crippen LogP contribution in [0.15, 0.2) is 0 Å². The number of nitrogens with two attached hydrogens (primary N) is 1. The highest BCUT2D eigenvalue weighted by atomic mass is 16.6. The van der Waals surface area contributed by atoms with Gasteiger partial charge >= 0.3 is 5.97 Å². The van der Waals surface area contributed by atoms with Gasteiger partial charge in [-0.1, -0.05) is 13.8 Å². The van der Waals surface area contributed by atoms with Gasteiger partial charge in [-0.25, -0.2) is 0 Å². The van der Waals surface area contributed by atoms with Crippen molar-refractivity contribution in [2.45, 2.75) is 19.9 Å². The fraction of sp³-hybridized carbons (Fsp3) is 0.917. The molecule has 0 spiro atoms. The van der Waals surface area contributed by atoms with Gasteiger partial charge in [0.25, 0.3) is 0 Å². The van der Waals surface area contributed by atoms with Crippen LogP contribution in [-0.4, -0.2) is 58.8 Å². The molecule has 0 aromatic carbocycles. The number of esters is 1. The number of rotatable bonds is 11.